The molecule has 0 radical (unpaired) electrons. The largest absolute Gasteiger partial charge is 0.371 e. The van der Waals surface area contributed by atoms with E-state index in [2.05, 4.69) is 4.90 Å². The maximum Gasteiger partial charge on any atom is 0.253 e. The lowest BCUT2D eigenvalue weighted by atomic mass is 10.1. The van der Waals surface area contributed by atoms with Crippen LogP contribution >= 0.6 is 0 Å². The first-order valence-electron chi connectivity index (χ1n) is 6.63. The van der Waals surface area contributed by atoms with Crippen LogP contribution in [-0.4, -0.2) is 38.3 Å². The van der Waals surface area contributed by atoms with Crippen molar-refractivity contribution in [2.24, 2.45) is 0 Å². The summed E-state index contributed by atoms with van der Waals surface area (Å²) >= 11 is 0. The van der Waals surface area contributed by atoms with Gasteiger partial charge in [-0.25, -0.2) is 0 Å². The monoisotopic (exact) mass is 262 g/mol. The van der Waals surface area contributed by atoms with Crippen molar-refractivity contribution in [1.29, 1.82) is 0 Å². The van der Waals surface area contributed by atoms with Crippen LogP contribution in [-0.2, 0) is 9.53 Å². The van der Waals surface area contributed by atoms with Crippen molar-refractivity contribution >= 4 is 17.3 Å². The molecule has 0 aliphatic carbocycles. The molecule has 2 rings (SSSR count). The molecule has 0 unspecified atom stereocenters. The van der Waals surface area contributed by atoms with Crippen LogP contribution in [0.5, 0.6) is 0 Å². The molecule has 1 aliphatic heterocycles. The van der Waals surface area contributed by atoms with Crippen molar-refractivity contribution in [3.8, 4) is 0 Å². The molecule has 104 valence electrons. The first-order valence-corrected chi connectivity index (χ1v) is 6.63. The van der Waals surface area contributed by atoms with E-state index in [1.165, 1.54) is 0 Å². The molecule has 1 aromatic rings. The predicted octanol–water partition coefficient (Wildman–Crippen LogP) is 2.28. The molecule has 1 aromatic carbocycles. The minimum atomic E-state index is -0.290. The van der Waals surface area contributed by atoms with Crippen LogP contribution in [0.4, 0.5) is 11.4 Å². The maximum atomic E-state index is 12.3. The second kappa shape index (κ2) is 5.21. The predicted molar refractivity (Wildman–Crippen MR) is 77.8 cm³/mol. The Bertz CT molecular complexity index is 465. The van der Waals surface area contributed by atoms with E-state index in [1.54, 1.807) is 0 Å². The van der Waals surface area contributed by atoms with Gasteiger partial charge in [0.15, 0.2) is 0 Å². The quantitative estimate of drug-likeness (QED) is 0.819. The van der Waals surface area contributed by atoms with Crippen molar-refractivity contribution in [3.05, 3.63) is 24.3 Å². The maximum absolute atomic E-state index is 12.3. The summed E-state index contributed by atoms with van der Waals surface area (Å²) in [7, 11) is 2.05. The molecule has 0 spiro atoms. The fourth-order valence-corrected chi connectivity index (χ4v) is 2.12. The van der Waals surface area contributed by atoms with Gasteiger partial charge in [0.2, 0.25) is 0 Å². The molecule has 4 heteroatoms. The van der Waals surface area contributed by atoms with Crippen molar-refractivity contribution in [3.63, 3.8) is 0 Å². The molecule has 1 aliphatic rings. The lowest BCUT2D eigenvalue weighted by Crippen LogP contribution is -2.44. The van der Waals surface area contributed by atoms with Gasteiger partial charge in [0.1, 0.15) is 6.61 Å². The Morgan fingerprint density at radius 1 is 1.21 bits per heavy atom. The van der Waals surface area contributed by atoms with Gasteiger partial charge in [-0.1, -0.05) is 12.1 Å². The summed E-state index contributed by atoms with van der Waals surface area (Å²) < 4.78 is 5.58. The summed E-state index contributed by atoms with van der Waals surface area (Å²) in [5.74, 6) is 0.0236. The molecule has 1 amide bonds. The third-order valence-electron chi connectivity index (χ3n) is 3.17. The van der Waals surface area contributed by atoms with Crippen LogP contribution in [0.15, 0.2) is 24.3 Å². The lowest BCUT2D eigenvalue weighted by molar-refractivity contribution is -0.127. The van der Waals surface area contributed by atoms with E-state index >= 15 is 0 Å². The van der Waals surface area contributed by atoms with Gasteiger partial charge >= 0.3 is 0 Å². The van der Waals surface area contributed by atoms with Crippen molar-refractivity contribution in [2.75, 3.05) is 36.5 Å². The molecule has 1 heterocycles. The van der Waals surface area contributed by atoms with E-state index in [1.807, 2.05) is 57.0 Å². The zero-order valence-corrected chi connectivity index (χ0v) is 12.1. The first-order chi connectivity index (χ1) is 8.88. The standard InChI is InChI=1S/C15H22N2O2/c1-15(2,3)19-11-14(18)17-10-9-16(4)12-7-5-6-8-13(12)17/h5-8H,9-11H2,1-4H3. The molecule has 19 heavy (non-hydrogen) atoms. The highest BCUT2D eigenvalue weighted by Gasteiger charge is 2.25. The molecule has 0 fully saturated rings. The summed E-state index contributed by atoms with van der Waals surface area (Å²) in [6, 6.07) is 7.98. The van der Waals surface area contributed by atoms with E-state index in [4.69, 9.17) is 4.74 Å². The molecular formula is C15H22N2O2. The van der Waals surface area contributed by atoms with Gasteiger partial charge < -0.3 is 14.5 Å². The second-order valence-corrected chi connectivity index (χ2v) is 5.86. The minimum Gasteiger partial charge on any atom is -0.371 e. The molecule has 4 nitrogen and oxygen atoms in total. The Morgan fingerprint density at radius 3 is 2.47 bits per heavy atom. The Balaban J connectivity index is 2.14. The van der Waals surface area contributed by atoms with Crippen LogP contribution in [0, 0.1) is 0 Å². The number of likely N-dealkylation sites (N-methyl/N-ethyl adjacent to an activating group) is 1. The minimum absolute atomic E-state index is 0.0236. The van der Waals surface area contributed by atoms with Gasteiger partial charge in [0.05, 0.1) is 17.0 Å². The number of carbonyl (C=O) groups is 1. The number of hydrogen-bond acceptors (Lipinski definition) is 3. The number of fused-ring (bicyclic) bond motifs is 1. The number of anilines is 2. The summed E-state index contributed by atoms with van der Waals surface area (Å²) in [5, 5.41) is 0. The van der Waals surface area contributed by atoms with Gasteiger partial charge in [0, 0.05) is 20.1 Å². The average molecular weight is 262 g/mol. The van der Waals surface area contributed by atoms with Crippen LogP contribution < -0.4 is 9.80 Å². The first kappa shape index (κ1) is 13.9. The topological polar surface area (TPSA) is 32.8 Å². The van der Waals surface area contributed by atoms with Gasteiger partial charge in [-0.3, -0.25) is 4.79 Å². The highest BCUT2D eigenvalue weighted by Crippen LogP contribution is 2.31. The highest BCUT2D eigenvalue weighted by atomic mass is 16.5. The van der Waals surface area contributed by atoms with Gasteiger partial charge in [-0.2, -0.15) is 0 Å². The van der Waals surface area contributed by atoms with Crippen LogP contribution in [0.1, 0.15) is 20.8 Å². The number of carbonyl (C=O) groups excluding carboxylic acids is 1. The second-order valence-electron chi connectivity index (χ2n) is 5.86. The number of para-hydroxylation sites is 2. The van der Waals surface area contributed by atoms with Gasteiger partial charge in [-0.15, -0.1) is 0 Å². The molecular weight excluding hydrogens is 240 g/mol. The van der Waals surface area contributed by atoms with E-state index in [0.717, 1.165) is 17.9 Å². The molecule has 0 bridgehead atoms. The number of rotatable bonds is 2. The number of amides is 1. The normalized spacial score (nSPS) is 15.4. The molecule has 0 saturated carbocycles. The van der Waals surface area contributed by atoms with Gasteiger partial charge in [0.25, 0.3) is 5.91 Å². The number of benzene rings is 1. The zero-order chi connectivity index (χ0) is 14.0. The molecule has 0 aromatic heterocycles. The Morgan fingerprint density at radius 2 is 1.84 bits per heavy atom. The average Bonchev–Trinajstić information content (AvgIpc) is 2.36. The summed E-state index contributed by atoms with van der Waals surface area (Å²) in [4.78, 5) is 16.3. The van der Waals surface area contributed by atoms with E-state index < -0.39 is 0 Å². The number of nitrogens with zero attached hydrogens (tertiary/aromatic N) is 2. The van der Waals surface area contributed by atoms with E-state index in [0.29, 0.717) is 6.54 Å². The van der Waals surface area contributed by atoms with E-state index in [9.17, 15) is 4.79 Å². The zero-order valence-electron chi connectivity index (χ0n) is 12.1. The van der Waals surface area contributed by atoms with Crippen LogP contribution in [0.25, 0.3) is 0 Å². The van der Waals surface area contributed by atoms with E-state index in [-0.39, 0.29) is 18.1 Å². The highest BCUT2D eigenvalue weighted by molar-refractivity contribution is 5.98. The van der Waals surface area contributed by atoms with Crippen molar-refractivity contribution in [1.82, 2.24) is 0 Å². The Labute approximate surface area is 115 Å². The van der Waals surface area contributed by atoms with Crippen molar-refractivity contribution in [2.45, 2.75) is 26.4 Å². The van der Waals surface area contributed by atoms with Gasteiger partial charge in [-0.05, 0) is 32.9 Å². The SMILES string of the molecule is CN1CCN(C(=O)COC(C)(C)C)c2ccccc21. The lowest BCUT2D eigenvalue weighted by Gasteiger charge is -2.36. The Hall–Kier alpha value is -1.55. The summed E-state index contributed by atoms with van der Waals surface area (Å²) in [6.07, 6.45) is 0. The summed E-state index contributed by atoms with van der Waals surface area (Å²) in [5.41, 5.74) is 1.78. The van der Waals surface area contributed by atoms with Crippen LogP contribution in [0.3, 0.4) is 0 Å². The fraction of sp³-hybridized carbons (Fsp3) is 0.533. The fourth-order valence-electron chi connectivity index (χ4n) is 2.12. The third-order valence-corrected chi connectivity index (χ3v) is 3.17. The molecule has 0 saturated heterocycles. The Kier molecular flexibility index (Phi) is 3.80. The number of hydrogen-bond donors (Lipinski definition) is 0. The third kappa shape index (κ3) is 3.26. The molecule has 0 atom stereocenters. The van der Waals surface area contributed by atoms with Crippen molar-refractivity contribution < 1.29 is 9.53 Å². The number of ether oxygens (including phenoxy) is 1. The smallest absolute Gasteiger partial charge is 0.253 e. The molecule has 0 N–H and O–H groups in total. The summed E-state index contributed by atoms with van der Waals surface area (Å²) in [6.45, 7) is 7.55. The van der Waals surface area contributed by atoms with Crippen LogP contribution in [0.2, 0.25) is 0 Å².